The van der Waals surface area contributed by atoms with Crippen LogP contribution in [0.1, 0.15) is 25.8 Å². The van der Waals surface area contributed by atoms with Crippen LogP contribution in [0.15, 0.2) is 212 Å². The van der Waals surface area contributed by atoms with E-state index in [1.807, 2.05) is 0 Å². The molecule has 0 aliphatic heterocycles. The third kappa shape index (κ3) is 5.37. The van der Waals surface area contributed by atoms with Gasteiger partial charge in [0.15, 0.2) is 0 Å². The first-order chi connectivity index (χ1) is 30.1. The van der Waals surface area contributed by atoms with Crippen LogP contribution in [0.2, 0.25) is 0 Å². The molecular weight excluding hydrogens is 739 g/mol. The Balaban J connectivity index is 1.01. The minimum Gasteiger partial charge on any atom is -0.330 e. The lowest BCUT2D eigenvalue weighted by molar-refractivity contribution is 0.403. The predicted molar refractivity (Wildman–Crippen MR) is 258 cm³/mol. The molecule has 0 fully saturated rings. The molecule has 9 aromatic carbocycles. The molecule has 12 rings (SSSR count). The van der Waals surface area contributed by atoms with E-state index in [0.717, 1.165) is 12.1 Å². The van der Waals surface area contributed by atoms with Crippen molar-refractivity contribution in [1.82, 2.24) is 13.7 Å². The van der Waals surface area contributed by atoms with Crippen LogP contribution < -0.4 is 0 Å². The average molecular weight is 782 g/mol. The fraction of sp³-hybridized carbons (Fsp3) is 0.0690. The molecule has 12 aromatic rings. The van der Waals surface area contributed by atoms with Gasteiger partial charge in [0.05, 0.1) is 33.1 Å². The molecule has 0 saturated heterocycles. The van der Waals surface area contributed by atoms with Crippen LogP contribution in [0.4, 0.5) is 0 Å². The second kappa shape index (κ2) is 13.7. The lowest BCUT2D eigenvalue weighted by Crippen LogP contribution is -2.30. The van der Waals surface area contributed by atoms with E-state index in [-0.39, 0.29) is 5.54 Å². The van der Waals surface area contributed by atoms with Crippen LogP contribution >= 0.6 is 0 Å². The summed E-state index contributed by atoms with van der Waals surface area (Å²) in [6, 6.07) is 78.2. The van der Waals surface area contributed by atoms with Gasteiger partial charge in [-0.2, -0.15) is 0 Å². The summed E-state index contributed by atoms with van der Waals surface area (Å²) in [6.07, 6.45) is 0.920. The van der Waals surface area contributed by atoms with E-state index < -0.39 is 0 Å². The molecule has 0 bridgehead atoms. The Morgan fingerprint density at radius 1 is 0.328 bits per heavy atom. The normalized spacial score (nSPS) is 13.0. The molecule has 3 nitrogen and oxygen atoms in total. The fourth-order valence-electron chi connectivity index (χ4n) is 10.2. The number of nitrogens with zero attached hydrogens (tertiary/aromatic N) is 3. The molecule has 0 saturated carbocycles. The van der Waals surface area contributed by atoms with Gasteiger partial charge >= 0.3 is 0 Å². The molecule has 3 aromatic heterocycles. The Morgan fingerprint density at radius 2 is 0.754 bits per heavy atom. The first kappa shape index (κ1) is 35.3. The van der Waals surface area contributed by atoms with Gasteiger partial charge in [0.25, 0.3) is 0 Å². The summed E-state index contributed by atoms with van der Waals surface area (Å²) in [5, 5.41) is 7.61. The lowest BCUT2D eigenvalue weighted by Gasteiger charge is -2.33. The maximum atomic E-state index is 2.61. The Labute approximate surface area is 355 Å². The molecule has 1 atom stereocenters. The molecule has 0 N–H and O–H groups in total. The van der Waals surface area contributed by atoms with Gasteiger partial charge in [-0.3, -0.25) is 0 Å². The van der Waals surface area contributed by atoms with Crippen molar-refractivity contribution in [2.45, 2.75) is 25.8 Å². The monoisotopic (exact) mass is 781 g/mol. The van der Waals surface area contributed by atoms with E-state index in [1.54, 1.807) is 0 Å². The van der Waals surface area contributed by atoms with Gasteiger partial charge in [-0.25, -0.2) is 0 Å². The standard InChI is InChI=1S/C58H43N3/c1-3-58(2,61-56-30-14-10-26-49(56)51-38-45(32-34-57(51)61)60-52-27-11-7-23-46(52)47-24-8-12-28-53(47)60)43-31-33-55-50(37-43)48-25-9-13-29-54(48)59(55)44-22-16-21-42(36-44)41-20-15-19-40(35-41)39-17-5-4-6-18-39/h4-38H,3H2,1-2H3. The van der Waals surface area contributed by atoms with Gasteiger partial charge in [0.1, 0.15) is 0 Å². The van der Waals surface area contributed by atoms with E-state index >= 15 is 0 Å². The third-order valence-electron chi connectivity index (χ3n) is 13.4. The van der Waals surface area contributed by atoms with E-state index in [9.17, 15) is 0 Å². The van der Waals surface area contributed by atoms with Crippen molar-refractivity contribution in [3.63, 3.8) is 0 Å². The molecule has 61 heavy (non-hydrogen) atoms. The van der Waals surface area contributed by atoms with Crippen LogP contribution in [-0.4, -0.2) is 13.7 Å². The Morgan fingerprint density at radius 3 is 1.39 bits per heavy atom. The number of hydrogen-bond donors (Lipinski definition) is 0. The molecular formula is C58H43N3. The molecule has 1 unspecified atom stereocenters. The predicted octanol–water partition coefficient (Wildman–Crippen LogP) is 15.5. The number of para-hydroxylation sites is 4. The van der Waals surface area contributed by atoms with E-state index in [1.165, 1.54) is 98.9 Å². The molecule has 0 radical (unpaired) electrons. The maximum absolute atomic E-state index is 2.61. The van der Waals surface area contributed by atoms with E-state index in [4.69, 9.17) is 0 Å². The molecule has 0 aliphatic rings. The van der Waals surface area contributed by atoms with Gasteiger partial charge in [-0.05, 0) is 114 Å². The van der Waals surface area contributed by atoms with Crippen LogP contribution in [-0.2, 0) is 5.54 Å². The summed E-state index contributed by atoms with van der Waals surface area (Å²) in [4.78, 5) is 0. The van der Waals surface area contributed by atoms with Crippen molar-refractivity contribution in [2.75, 3.05) is 0 Å². The highest BCUT2D eigenvalue weighted by Gasteiger charge is 2.31. The third-order valence-corrected chi connectivity index (χ3v) is 13.4. The van der Waals surface area contributed by atoms with Crippen molar-refractivity contribution in [3.05, 3.63) is 218 Å². The quantitative estimate of drug-likeness (QED) is 0.153. The van der Waals surface area contributed by atoms with Gasteiger partial charge in [-0.1, -0.05) is 146 Å². The number of hydrogen-bond acceptors (Lipinski definition) is 0. The Hall–Kier alpha value is -7.62. The zero-order valence-corrected chi connectivity index (χ0v) is 34.3. The summed E-state index contributed by atoms with van der Waals surface area (Å²) in [7, 11) is 0. The second-order valence-electron chi connectivity index (χ2n) is 16.6. The van der Waals surface area contributed by atoms with Gasteiger partial charge in [-0.15, -0.1) is 0 Å². The van der Waals surface area contributed by atoms with Gasteiger partial charge < -0.3 is 13.7 Å². The van der Waals surface area contributed by atoms with Crippen LogP contribution in [0.3, 0.4) is 0 Å². The summed E-state index contributed by atoms with van der Waals surface area (Å²) in [5.41, 5.74) is 15.5. The van der Waals surface area contributed by atoms with Crippen molar-refractivity contribution >= 4 is 65.4 Å². The van der Waals surface area contributed by atoms with Crippen molar-refractivity contribution in [1.29, 1.82) is 0 Å². The molecule has 3 heterocycles. The SMILES string of the molecule is CCC(C)(c1ccc2c(c1)c1ccccc1n2-c1cccc(-c2cccc(-c3ccccc3)c2)c1)n1c2ccccc2c2cc(-n3c4ccccc4c4ccccc43)ccc21. The summed E-state index contributed by atoms with van der Waals surface area (Å²) in [5.74, 6) is 0. The van der Waals surface area contributed by atoms with Crippen molar-refractivity contribution in [3.8, 4) is 33.6 Å². The van der Waals surface area contributed by atoms with Crippen molar-refractivity contribution in [2.24, 2.45) is 0 Å². The molecule has 3 heteroatoms. The minimum absolute atomic E-state index is 0.337. The summed E-state index contributed by atoms with van der Waals surface area (Å²) < 4.78 is 7.48. The zero-order valence-electron chi connectivity index (χ0n) is 34.3. The van der Waals surface area contributed by atoms with Crippen LogP contribution in [0.5, 0.6) is 0 Å². The lowest BCUT2D eigenvalue weighted by atomic mass is 9.87. The Bertz CT molecular complexity index is 3600. The molecule has 0 amide bonds. The number of benzene rings is 9. The Kier molecular flexibility index (Phi) is 7.95. The average Bonchev–Trinajstić information content (AvgIpc) is 3.97. The minimum atomic E-state index is -0.337. The first-order valence-corrected chi connectivity index (χ1v) is 21.4. The highest BCUT2D eigenvalue weighted by Crippen LogP contribution is 2.43. The number of rotatable bonds is 7. The zero-order chi connectivity index (χ0) is 40.7. The topological polar surface area (TPSA) is 14.8 Å². The fourth-order valence-corrected chi connectivity index (χ4v) is 10.2. The van der Waals surface area contributed by atoms with E-state index in [2.05, 4.69) is 240 Å². The van der Waals surface area contributed by atoms with Crippen LogP contribution in [0, 0.1) is 0 Å². The smallest absolute Gasteiger partial charge is 0.0672 e. The van der Waals surface area contributed by atoms with Gasteiger partial charge in [0.2, 0.25) is 0 Å². The number of aromatic nitrogens is 3. The summed E-state index contributed by atoms with van der Waals surface area (Å²) in [6.45, 7) is 4.76. The van der Waals surface area contributed by atoms with Gasteiger partial charge in [0, 0.05) is 49.2 Å². The molecule has 0 spiro atoms. The second-order valence-corrected chi connectivity index (χ2v) is 16.6. The van der Waals surface area contributed by atoms with E-state index in [0.29, 0.717) is 0 Å². The highest BCUT2D eigenvalue weighted by atomic mass is 15.1. The maximum Gasteiger partial charge on any atom is 0.0672 e. The number of fused-ring (bicyclic) bond motifs is 9. The summed E-state index contributed by atoms with van der Waals surface area (Å²) >= 11 is 0. The molecule has 0 aliphatic carbocycles. The first-order valence-electron chi connectivity index (χ1n) is 21.4. The largest absolute Gasteiger partial charge is 0.330 e. The molecule has 290 valence electrons. The van der Waals surface area contributed by atoms with Crippen molar-refractivity contribution < 1.29 is 0 Å². The highest BCUT2D eigenvalue weighted by molar-refractivity contribution is 6.12. The van der Waals surface area contributed by atoms with Crippen LogP contribution in [0.25, 0.3) is 99.0 Å².